The second-order valence-corrected chi connectivity index (χ2v) is 8.02. The van der Waals surface area contributed by atoms with Gasteiger partial charge in [-0.05, 0) is 42.8 Å². The molecule has 2 atom stereocenters. The molecule has 0 saturated carbocycles. The molecule has 0 radical (unpaired) electrons. The molecule has 148 valence electrons. The SMILES string of the molecule is C[C@]1(C(=O)C2CNc3cc(Cl)ccc3O2)CN(Cc2ccc(F)cc2)CCN1. The summed E-state index contributed by atoms with van der Waals surface area (Å²) < 4.78 is 19.1. The summed E-state index contributed by atoms with van der Waals surface area (Å²) in [4.78, 5) is 15.5. The number of fused-ring (bicyclic) bond motifs is 1. The highest BCUT2D eigenvalue weighted by Crippen LogP contribution is 2.32. The zero-order valence-electron chi connectivity index (χ0n) is 15.7. The fourth-order valence-electron chi connectivity index (χ4n) is 3.86. The largest absolute Gasteiger partial charge is 0.479 e. The minimum Gasteiger partial charge on any atom is -0.479 e. The van der Waals surface area contributed by atoms with Gasteiger partial charge in [-0.2, -0.15) is 0 Å². The molecule has 1 unspecified atom stereocenters. The Hall–Kier alpha value is -2.15. The minimum absolute atomic E-state index is 0.0180. The lowest BCUT2D eigenvalue weighted by Crippen LogP contribution is -2.66. The van der Waals surface area contributed by atoms with Crippen molar-refractivity contribution in [1.82, 2.24) is 10.2 Å². The van der Waals surface area contributed by atoms with Crippen molar-refractivity contribution < 1.29 is 13.9 Å². The predicted molar refractivity (Wildman–Crippen MR) is 107 cm³/mol. The van der Waals surface area contributed by atoms with Crippen molar-refractivity contribution in [3.63, 3.8) is 0 Å². The van der Waals surface area contributed by atoms with Gasteiger partial charge in [-0.15, -0.1) is 0 Å². The highest BCUT2D eigenvalue weighted by atomic mass is 35.5. The number of ketones is 1. The number of hydrogen-bond donors (Lipinski definition) is 2. The van der Waals surface area contributed by atoms with Gasteiger partial charge in [0.05, 0.1) is 17.8 Å². The Morgan fingerprint density at radius 3 is 2.89 bits per heavy atom. The van der Waals surface area contributed by atoms with Crippen LogP contribution in [-0.4, -0.2) is 48.5 Å². The molecule has 1 fully saturated rings. The second-order valence-electron chi connectivity index (χ2n) is 7.59. The van der Waals surface area contributed by atoms with E-state index in [2.05, 4.69) is 15.5 Å². The van der Waals surface area contributed by atoms with Gasteiger partial charge in [0.2, 0.25) is 0 Å². The average molecular weight is 404 g/mol. The Labute approximate surface area is 168 Å². The topological polar surface area (TPSA) is 53.6 Å². The van der Waals surface area contributed by atoms with E-state index in [0.717, 1.165) is 17.8 Å². The van der Waals surface area contributed by atoms with Crippen LogP contribution in [0.2, 0.25) is 5.02 Å². The van der Waals surface area contributed by atoms with Crippen LogP contribution in [-0.2, 0) is 11.3 Å². The third kappa shape index (κ3) is 3.99. The normalized spacial score (nSPS) is 24.8. The van der Waals surface area contributed by atoms with Gasteiger partial charge in [0.25, 0.3) is 0 Å². The Balaban J connectivity index is 1.44. The molecule has 0 aliphatic carbocycles. The maximum atomic E-state index is 13.3. The van der Waals surface area contributed by atoms with Gasteiger partial charge in [0.1, 0.15) is 11.6 Å². The van der Waals surface area contributed by atoms with Crippen LogP contribution in [0.4, 0.5) is 10.1 Å². The van der Waals surface area contributed by atoms with Gasteiger partial charge in [0.15, 0.2) is 11.9 Å². The molecule has 0 spiro atoms. The summed E-state index contributed by atoms with van der Waals surface area (Å²) in [5.41, 5.74) is 1.12. The number of anilines is 1. The lowest BCUT2D eigenvalue weighted by atomic mass is 9.89. The molecule has 0 amide bonds. The van der Waals surface area contributed by atoms with E-state index in [1.807, 2.05) is 6.92 Å². The molecule has 7 heteroatoms. The quantitative estimate of drug-likeness (QED) is 0.821. The number of piperazine rings is 1. The average Bonchev–Trinajstić information content (AvgIpc) is 2.69. The number of hydrogen-bond acceptors (Lipinski definition) is 5. The van der Waals surface area contributed by atoms with Crippen molar-refractivity contribution in [3.8, 4) is 5.75 Å². The first-order valence-electron chi connectivity index (χ1n) is 9.39. The molecular formula is C21H23ClFN3O2. The predicted octanol–water partition coefficient (Wildman–Crippen LogP) is 3.09. The van der Waals surface area contributed by atoms with Gasteiger partial charge >= 0.3 is 0 Å². The number of nitrogens with one attached hydrogen (secondary N) is 2. The Kier molecular flexibility index (Phi) is 5.27. The lowest BCUT2D eigenvalue weighted by Gasteiger charge is -2.42. The Morgan fingerprint density at radius 1 is 1.32 bits per heavy atom. The molecule has 2 aromatic rings. The standard InChI is InChI=1S/C21H23ClFN3O2/c1-21(13-26(9-8-25-21)12-14-2-5-16(23)6-3-14)20(27)19-11-24-17-10-15(22)4-7-18(17)28-19/h2-7,10,19,24-25H,8-9,11-13H2,1H3/t19?,21-/m1/s1. The van der Waals surface area contributed by atoms with E-state index >= 15 is 0 Å². The van der Waals surface area contributed by atoms with Crippen molar-refractivity contribution in [2.75, 3.05) is 31.5 Å². The number of nitrogens with zero attached hydrogens (tertiary/aromatic N) is 1. The third-order valence-corrected chi connectivity index (χ3v) is 5.56. The maximum Gasteiger partial charge on any atom is 0.196 e. The number of carbonyl (C=O) groups is 1. The van der Waals surface area contributed by atoms with Crippen LogP contribution in [0.5, 0.6) is 5.75 Å². The summed E-state index contributed by atoms with van der Waals surface area (Å²) in [5.74, 6) is 0.411. The van der Waals surface area contributed by atoms with Crippen LogP contribution < -0.4 is 15.4 Å². The smallest absolute Gasteiger partial charge is 0.196 e. The zero-order chi connectivity index (χ0) is 19.7. The van der Waals surface area contributed by atoms with Crippen molar-refractivity contribution in [1.29, 1.82) is 0 Å². The monoisotopic (exact) mass is 403 g/mol. The summed E-state index contributed by atoms with van der Waals surface area (Å²) in [6.07, 6.45) is -0.572. The van der Waals surface area contributed by atoms with E-state index in [-0.39, 0.29) is 11.6 Å². The van der Waals surface area contributed by atoms with E-state index in [1.54, 1.807) is 30.3 Å². The number of benzene rings is 2. The van der Waals surface area contributed by atoms with Crippen LogP contribution in [0.1, 0.15) is 12.5 Å². The van der Waals surface area contributed by atoms with Gasteiger partial charge in [-0.3, -0.25) is 9.69 Å². The van der Waals surface area contributed by atoms with Crippen LogP contribution in [0, 0.1) is 5.82 Å². The first-order valence-corrected chi connectivity index (χ1v) is 9.77. The molecule has 0 aromatic heterocycles. The van der Waals surface area contributed by atoms with Gasteiger partial charge in [-0.25, -0.2) is 4.39 Å². The molecule has 2 aromatic carbocycles. The van der Waals surface area contributed by atoms with E-state index in [0.29, 0.717) is 37.0 Å². The summed E-state index contributed by atoms with van der Waals surface area (Å²) in [6.45, 7) is 5.10. The fourth-order valence-corrected chi connectivity index (χ4v) is 4.03. The molecule has 2 aliphatic heterocycles. The zero-order valence-corrected chi connectivity index (χ0v) is 16.4. The third-order valence-electron chi connectivity index (χ3n) is 5.33. The molecule has 2 N–H and O–H groups in total. The lowest BCUT2D eigenvalue weighted by molar-refractivity contribution is -0.133. The van der Waals surface area contributed by atoms with Crippen molar-refractivity contribution in [2.24, 2.45) is 0 Å². The Bertz CT molecular complexity index is 876. The molecule has 2 heterocycles. The van der Waals surface area contributed by atoms with Crippen LogP contribution >= 0.6 is 11.6 Å². The number of ether oxygens (including phenoxy) is 1. The number of carbonyl (C=O) groups excluding carboxylic acids is 1. The summed E-state index contributed by atoms with van der Waals surface area (Å²) in [5, 5.41) is 7.23. The number of Topliss-reactive ketones (excluding diaryl/α,β-unsaturated/α-hetero) is 1. The maximum absolute atomic E-state index is 13.3. The highest BCUT2D eigenvalue weighted by molar-refractivity contribution is 6.30. The summed E-state index contributed by atoms with van der Waals surface area (Å²) in [7, 11) is 0. The number of rotatable bonds is 4. The molecule has 4 rings (SSSR count). The molecular weight excluding hydrogens is 381 g/mol. The summed E-state index contributed by atoms with van der Waals surface area (Å²) in [6, 6.07) is 11.8. The van der Waals surface area contributed by atoms with E-state index in [9.17, 15) is 9.18 Å². The summed E-state index contributed by atoms with van der Waals surface area (Å²) >= 11 is 6.01. The van der Waals surface area contributed by atoms with Crippen LogP contribution in [0.15, 0.2) is 42.5 Å². The van der Waals surface area contributed by atoms with Crippen LogP contribution in [0.25, 0.3) is 0 Å². The van der Waals surface area contributed by atoms with Gasteiger partial charge < -0.3 is 15.4 Å². The minimum atomic E-state index is -0.714. The van der Waals surface area contributed by atoms with Gasteiger partial charge in [0, 0.05) is 31.2 Å². The second kappa shape index (κ2) is 7.70. The fraction of sp³-hybridized carbons (Fsp3) is 0.381. The first-order chi connectivity index (χ1) is 13.4. The highest BCUT2D eigenvalue weighted by Gasteiger charge is 2.43. The molecule has 1 saturated heterocycles. The molecule has 5 nitrogen and oxygen atoms in total. The molecule has 2 aliphatic rings. The Morgan fingerprint density at radius 2 is 2.11 bits per heavy atom. The van der Waals surface area contributed by atoms with Crippen molar-refractivity contribution in [2.45, 2.75) is 25.1 Å². The van der Waals surface area contributed by atoms with Gasteiger partial charge in [-0.1, -0.05) is 23.7 Å². The van der Waals surface area contributed by atoms with E-state index in [4.69, 9.17) is 16.3 Å². The van der Waals surface area contributed by atoms with E-state index in [1.165, 1.54) is 12.1 Å². The first kappa shape index (κ1) is 19.2. The van der Waals surface area contributed by atoms with Crippen LogP contribution in [0.3, 0.4) is 0 Å². The van der Waals surface area contributed by atoms with Crippen molar-refractivity contribution in [3.05, 3.63) is 58.9 Å². The number of halogens is 2. The molecule has 0 bridgehead atoms. The van der Waals surface area contributed by atoms with Crippen molar-refractivity contribution >= 4 is 23.1 Å². The van der Waals surface area contributed by atoms with E-state index < -0.39 is 11.6 Å². The molecule has 28 heavy (non-hydrogen) atoms.